The number of likely N-dealkylation sites (N-methyl/N-ethyl adjacent to an activating group) is 1. The standard InChI is InChI=1S/C15H21ClN2O3/c1-18(2)15(19)8-17-13-7-12(16)3-4-14(13)21-10-11-5-6-20-9-11/h3-4,7,11,17H,5-6,8-10H2,1-2H3/t11-/m1/s1. The van der Waals surface area contributed by atoms with Crippen molar-refractivity contribution in [2.45, 2.75) is 6.42 Å². The Balaban J connectivity index is 1.97. The maximum absolute atomic E-state index is 11.7. The topological polar surface area (TPSA) is 50.8 Å². The Labute approximate surface area is 130 Å². The number of rotatable bonds is 6. The molecule has 1 saturated heterocycles. The van der Waals surface area contributed by atoms with Crippen LogP contribution < -0.4 is 10.1 Å². The van der Waals surface area contributed by atoms with Crippen LogP contribution in [0.2, 0.25) is 5.02 Å². The second-order valence-electron chi connectivity index (χ2n) is 5.32. The van der Waals surface area contributed by atoms with E-state index in [-0.39, 0.29) is 12.5 Å². The predicted octanol–water partition coefficient (Wildman–Crippen LogP) is 2.26. The zero-order valence-electron chi connectivity index (χ0n) is 12.4. The number of hydrogen-bond acceptors (Lipinski definition) is 4. The lowest BCUT2D eigenvalue weighted by Crippen LogP contribution is -2.28. The van der Waals surface area contributed by atoms with E-state index in [2.05, 4.69) is 5.32 Å². The maximum Gasteiger partial charge on any atom is 0.241 e. The lowest BCUT2D eigenvalue weighted by molar-refractivity contribution is -0.126. The molecular weight excluding hydrogens is 292 g/mol. The fraction of sp³-hybridized carbons (Fsp3) is 0.533. The molecule has 0 unspecified atom stereocenters. The van der Waals surface area contributed by atoms with Crippen molar-refractivity contribution in [3.8, 4) is 5.75 Å². The third-order valence-corrected chi connectivity index (χ3v) is 3.60. The summed E-state index contributed by atoms with van der Waals surface area (Å²) in [5, 5.41) is 3.68. The summed E-state index contributed by atoms with van der Waals surface area (Å²) in [7, 11) is 3.44. The van der Waals surface area contributed by atoms with Gasteiger partial charge in [0, 0.05) is 31.6 Å². The van der Waals surface area contributed by atoms with E-state index >= 15 is 0 Å². The molecule has 1 aliphatic rings. The first-order valence-electron chi connectivity index (χ1n) is 7.00. The second kappa shape index (κ2) is 7.52. The van der Waals surface area contributed by atoms with E-state index in [1.54, 1.807) is 26.2 Å². The molecular formula is C15H21ClN2O3. The summed E-state index contributed by atoms with van der Waals surface area (Å²) in [6.45, 7) is 2.36. The van der Waals surface area contributed by atoms with E-state index in [4.69, 9.17) is 21.1 Å². The Bertz CT molecular complexity index is 488. The van der Waals surface area contributed by atoms with Gasteiger partial charge in [-0.1, -0.05) is 11.6 Å². The highest BCUT2D eigenvalue weighted by atomic mass is 35.5. The van der Waals surface area contributed by atoms with Crippen LogP contribution >= 0.6 is 11.6 Å². The van der Waals surface area contributed by atoms with Crippen LogP contribution in [0.15, 0.2) is 18.2 Å². The number of carbonyl (C=O) groups is 1. The summed E-state index contributed by atoms with van der Waals surface area (Å²) in [6, 6.07) is 5.37. The van der Waals surface area contributed by atoms with Crippen molar-refractivity contribution in [2.24, 2.45) is 5.92 Å². The van der Waals surface area contributed by atoms with Gasteiger partial charge in [0.15, 0.2) is 0 Å². The molecule has 1 aliphatic heterocycles. The molecule has 116 valence electrons. The Morgan fingerprint density at radius 2 is 2.33 bits per heavy atom. The Kier molecular flexibility index (Phi) is 5.70. The smallest absolute Gasteiger partial charge is 0.241 e. The van der Waals surface area contributed by atoms with Crippen molar-refractivity contribution < 1.29 is 14.3 Å². The first kappa shape index (κ1) is 15.9. The molecule has 1 heterocycles. The number of anilines is 1. The number of ether oxygens (including phenoxy) is 2. The van der Waals surface area contributed by atoms with Gasteiger partial charge in [-0.15, -0.1) is 0 Å². The molecule has 21 heavy (non-hydrogen) atoms. The molecule has 1 amide bonds. The minimum Gasteiger partial charge on any atom is -0.491 e. The fourth-order valence-corrected chi connectivity index (χ4v) is 2.19. The summed E-state index contributed by atoms with van der Waals surface area (Å²) in [5.41, 5.74) is 0.733. The highest BCUT2D eigenvalue weighted by Gasteiger charge is 2.17. The van der Waals surface area contributed by atoms with Gasteiger partial charge in [0.25, 0.3) is 0 Å². The lowest BCUT2D eigenvalue weighted by Gasteiger charge is -2.16. The zero-order chi connectivity index (χ0) is 15.2. The van der Waals surface area contributed by atoms with Crippen LogP contribution in [0.5, 0.6) is 5.75 Å². The van der Waals surface area contributed by atoms with Gasteiger partial charge in [-0.25, -0.2) is 0 Å². The third-order valence-electron chi connectivity index (χ3n) is 3.37. The van der Waals surface area contributed by atoms with Gasteiger partial charge in [-0.05, 0) is 24.6 Å². The lowest BCUT2D eigenvalue weighted by atomic mass is 10.1. The highest BCUT2D eigenvalue weighted by molar-refractivity contribution is 6.30. The van der Waals surface area contributed by atoms with E-state index in [0.29, 0.717) is 23.3 Å². The second-order valence-corrected chi connectivity index (χ2v) is 5.76. The summed E-state index contributed by atoms with van der Waals surface area (Å²) >= 11 is 6.01. The molecule has 0 radical (unpaired) electrons. The van der Waals surface area contributed by atoms with Crippen LogP contribution in [0.3, 0.4) is 0 Å². The highest BCUT2D eigenvalue weighted by Crippen LogP contribution is 2.29. The molecule has 0 saturated carbocycles. The number of benzene rings is 1. The predicted molar refractivity (Wildman–Crippen MR) is 83.1 cm³/mol. The van der Waals surface area contributed by atoms with Gasteiger partial charge in [-0.3, -0.25) is 4.79 Å². The van der Waals surface area contributed by atoms with Crippen molar-refractivity contribution >= 4 is 23.2 Å². The van der Waals surface area contributed by atoms with Gasteiger partial charge < -0.3 is 19.7 Å². The molecule has 0 spiro atoms. The van der Waals surface area contributed by atoms with Gasteiger partial charge in [0.2, 0.25) is 5.91 Å². The molecule has 0 bridgehead atoms. The average molecular weight is 313 g/mol. The van der Waals surface area contributed by atoms with Crippen molar-refractivity contribution in [3.63, 3.8) is 0 Å². The Hall–Kier alpha value is -1.46. The number of carbonyl (C=O) groups excluding carboxylic acids is 1. The number of halogens is 1. The Morgan fingerprint density at radius 1 is 1.52 bits per heavy atom. The maximum atomic E-state index is 11.7. The van der Waals surface area contributed by atoms with Gasteiger partial charge in [0.05, 0.1) is 25.4 Å². The fourth-order valence-electron chi connectivity index (χ4n) is 2.02. The quantitative estimate of drug-likeness (QED) is 0.875. The largest absolute Gasteiger partial charge is 0.491 e. The molecule has 0 aromatic heterocycles. The SMILES string of the molecule is CN(C)C(=O)CNc1cc(Cl)ccc1OC[C@@H]1CCOC1. The molecule has 1 aromatic rings. The van der Waals surface area contributed by atoms with Gasteiger partial charge in [-0.2, -0.15) is 0 Å². The summed E-state index contributed by atoms with van der Waals surface area (Å²) in [4.78, 5) is 13.2. The zero-order valence-corrected chi connectivity index (χ0v) is 13.2. The van der Waals surface area contributed by atoms with Crippen LogP contribution in [0.4, 0.5) is 5.69 Å². The third kappa shape index (κ3) is 4.79. The van der Waals surface area contributed by atoms with E-state index in [1.165, 1.54) is 4.90 Å². The number of nitrogens with zero attached hydrogens (tertiary/aromatic N) is 1. The average Bonchev–Trinajstić information content (AvgIpc) is 2.96. The minimum atomic E-state index is -0.00915. The monoisotopic (exact) mass is 312 g/mol. The molecule has 1 atom stereocenters. The van der Waals surface area contributed by atoms with Crippen LogP contribution in [-0.2, 0) is 9.53 Å². The van der Waals surface area contributed by atoms with Crippen molar-refractivity contribution in [1.29, 1.82) is 0 Å². The van der Waals surface area contributed by atoms with Crippen molar-refractivity contribution in [3.05, 3.63) is 23.2 Å². The number of amides is 1. The molecule has 6 heteroatoms. The molecule has 0 aliphatic carbocycles. The van der Waals surface area contributed by atoms with E-state index in [0.717, 1.165) is 25.3 Å². The first-order valence-corrected chi connectivity index (χ1v) is 7.38. The van der Waals surface area contributed by atoms with Gasteiger partial charge >= 0.3 is 0 Å². The van der Waals surface area contributed by atoms with Crippen LogP contribution in [0.25, 0.3) is 0 Å². The number of hydrogen-bond donors (Lipinski definition) is 1. The van der Waals surface area contributed by atoms with Crippen molar-refractivity contribution in [1.82, 2.24) is 4.90 Å². The summed E-state index contributed by atoms with van der Waals surface area (Å²) in [6.07, 6.45) is 1.02. The van der Waals surface area contributed by atoms with Crippen LogP contribution in [0, 0.1) is 5.92 Å². The first-order chi connectivity index (χ1) is 10.1. The minimum absolute atomic E-state index is 0.00915. The molecule has 2 rings (SSSR count). The molecule has 1 aromatic carbocycles. The number of nitrogens with one attached hydrogen (secondary N) is 1. The van der Waals surface area contributed by atoms with Crippen LogP contribution in [0.1, 0.15) is 6.42 Å². The summed E-state index contributed by atoms with van der Waals surface area (Å²) in [5.74, 6) is 1.12. The molecule has 5 nitrogen and oxygen atoms in total. The normalized spacial score (nSPS) is 17.6. The van der Waals surface area contributed by atoms with E-state index < -0.39 is 0 Å². The molecule has 1 N–H and O–H groups in total. The molecule has 1 fully saturated rings. The van der Waals surface area contributed by atoms with Crippen molar-refractivity contribution in [2.75, 3.05) is 45.8 Å². The Morgan fingerprint density at radius 3 is 3.00 bits per heavy atom. The summed E-state index contributed by atoms with van der Waals surface area (Å²) < 4.78 is 11.2. The van der Waals surface area contributed by atoms with Gasteiger partial charge in [0.1, 0.15) is 5.75 Å². The van der Waals surface area contributed by atoms with E-state index in [1.807, 2.05) is 6.07 Å². The van der Waals surface area contributed by atoms with E-state index in [9.17, 15) is 4.79 Å². The van der Waals surface area contributed by atoms with Crippen LogP contribution in [-0.4, -0.2) is 51.3 Å².